The first kappa shape index (κ1) is 13.7. The minimum Gasteiger partial charge on any atom is -0.310 e. The SMILES string of the molecule is CCCNC(Cc1cccc(C)c1)c1cncnc1. The Labute approximate surface area is 115 Å². The lowest BCUT2D eigenvalue weighted by Crippen LogP contribution is -2.24. The number of aromatic nitrogens is 2. The summed E-state index contributed by atoms with van der Waals surface area (Å²) in [5.41, 5.74) is 3.80. The Morgan fingerprint density at radius 2 is 2.00 bits per heavy atom. The molecule has 3 nitrogen and oxygen atoms in total. The van der Waals surface area contributed by atoms with E-state index in [1.807, 2.05) is 12.4 Å². The van der Waals surface area contributed by atoms with Crippen molar-refractivity contribution in [2.75, 3.05) is 6.54 Å². The maximum absolute atomic E-state index is 4.12. The summed E-state index contributed by atoms with van der Waals surface area (Å²) in [6, 6.07) is 8.94. The molecule has 3 heteroatoms. The van der Waals surface area contributed by atoms with Gasteiger partial charge in [0.25, 0.3) is 0 Å². The number of nitrogens with zero attached hydrogens (tertiary/aromatic N) is 2. The largest absolute Gasteiger partial charge is 0.310 e. The fraction of sp³-hybridized carbons (Fsp3) is 0.375. The summed E-state index contributed by atoms with van der Waals surface area (Å²) in [5, 5.41) is 3.57. The molecule has 1 unspecified atom stereocenters. The molecule has 0 fully saturated rings. The van der Waals surface area contributed by atoms with E-state index in [0.717, 1.165) is 24.9 Å². The van der Waals surface area contributed by atoms with Crippen LogP contribution in [0, 0.1) is 6.92 Å². The molecule has 0 aliphatic heterocycles. The standard InChI is InChI=1S/C16H21N3/c1-3-7-19-16(15-10-17-12-18-11-15)9-14-6-4-5-13(2)8-14/h4-6,8,10-12,16,19H,3,7,9H2,1-2H3. The van der Waals surface area contributed by atoms with E-state index in [9.17, 15) is 0 Å². The maximum atomic E-state index is 4.12. The molecule has 2 rings (SSSR count). The lowest BCUT2D eigenvalue weighted by Gasteiger charge is -2.18. The van der Waals surface area contributed by atoms with Crippen molar-refractivity contribution in [2.45, 2.75) is 32.7 Å². The second-order valence-corrected chi connectivity index (χ2v) is 4.87. The van der Waals surface area contributed by atoms with Gasteiger partial charge in [-0.3, -0.25) is 0 Å². The van der Waals surface area contributed by atoms with Gasteiger partial charge in [0.1, 0.15) is 6.33 Å². The Bertz CT molecular complexity index is 496. The second kappa shape index (κ2) is 7.00. The normalized spacial score (nSPS) is 12.3. The lowest BCUT2D eigenvalue weighted by atomic mass is 10.00. The highest BCUT2D eigenvalue weighted by Crippen LogP contribution is 2.17. The maximum Gasteiger partial charge on any atom is 0.115 e. The van der Waals surface area contributed by atoms with Gasteiger partial charge in [0.05, 0.1) is 0 Å². The van der Waals surface area contributed by atoms with Crippen LogP contribution in [0.2, 0.25) is 0 Å². The number of benzene rings is 1. The summed E-state index contributed by atoms with van der Waals surface area (Å²) >= 11 is 0. The first-order valence-corrected chi connectivity index (χ1v) is 6.83. The van der Waals surface area contributed by atoms with Gasteiger partial charge in [-0.15, -0.1) is 0 Å². The van der Waals surface area contributed by atoms with Crippen molar-refractivity contribution >= 4 is 0 Å². The van der Waals surface area contributed by atoms with Gasteiger partial charge in [0.15, 0.2) is 0 Å². The summed E-state index contributed by atoms with van der Waals surface area (Å²) in [4.78, 5) is 8.24. The number of nitrogens with one attached hydrogen (secondary N) is 1. The summed E-state index contributed by atoms with van der Waals surface area (Å²) in [6.07, 6.45) is 7.46. The van der Waals surface area contributed by atoms with Crippen LogP contribution in [0.25, 0.3) is 0 Å². The number of hydrogen-bond donors (Lipinski definition) is 1. The summed E-state index contributed by atoms with van der Waals surface area (Å²) in [5.74, 6) is 0. The molecule has 0 saturated carbocycles. The third-order valence-corrected chi connectivity index (χ3v) is 3.15. The monoisotopic (exact) mass is 255 g/mol. The molecule has 1 aromatic carbocycles. The van der Waals surface area contributed by atoms with E-state index in [4.69, 9.17) is 0 Å². The van der Waals surface area contributed by atoms with Crippen molar-refractivity contribution in [2.24, 2.45) is 0 Å². The molecule has 0 aliphatic carbocycles. The van der Waals surface area contributed by atoms with Crippen LogP contribution in [0.1, 0.15) is 36.1 Å². The first-order chi connectivity index (χ1) is 9.29. The van der Waals surface area contributed by atoms with Crippen molar-refractivity contribution in [1.82, 2.24) is 15.3 Å². The van der Waals surface area contributed by atoms with Crippen molar-refractivity contribution in [3.8, 4) is 0 Å². The Balaban J connectivity index is 2.14. The van der Waals surface area contributed by atoms with Crippen LogP contribution >= 0.6 is 0 Å². The number of hydrogen-bond acceptors (Lipinski definition) is 3. The smallest absolute Gasteiger partial charge is 0.115 e. The molecule has 19 heavy (non-hydrogen) atoms. The highest BCUT2D eigenvalue weighted by Gasteiger charge is 2.12. The molecule has 1 atom stereocenters. The topological polar surface area (TPSA) is 37.8 Å². The van der Waals surface area contributed by atoms with Crippen LogP contribution in [0.15, 0.2) is 43.0 Å². The van der Waals surface area contributed by atoms with Gasteiger partial charge < -0.3 is 5.32 Å². The highest BCUT2D eigenvalue weighted by atomic mass is 14.9. The molecule has 1 N–H and O–H groups in total. The Kier molecular flexibility index (Phi) is 5.04. The second-order valence-electron chi connectivity index (χ2n) is 4.87. The van der Waals surface area contributed by atoms with Gasteiger partial charge in [-0.25, -0.2) is 9.97 Å². The van der Waals surface area contributed by atoms with E-state index in [0.29, 0.717) is 0 Å². The van der Waals surface area contributed by atoms with E-state index in [1.54, 1.807) is 6.33 Å². The molecule has 0 bridgehead atoms. The van der Waals surface area contributed by atoms with E-state index in [1.165, 1.54) is 11.1 Å². The van der Waals surface area contributed by atoms with Gasteiger partial charge in [0.2, 0.25) is 0 Å². The van der Waals surface area contributed by atoms with Crippen LogP contribution in [-0.2, 0) is 6.42 Å². The Morgan fingerprint density at radius 3 is 2.68 bits per heavy atom. The molecule has 1 heterocycles. The van der Waals surface area contributed by atoms with Gasteiger partial charge >= 0.3 is 0 Å². The highest BCUT2D eigenvalue weighted by molar-refractivity contribution is 5.25. The van der Waals surface area contributed by atoms with Gasteiger partial charge in [-0.1, -0.05) is 36.8 Å². The predicted molar refractivity (Wildman–Crippen MR) is 77.9 cm³/mol. The van der Waals surface area contributed by atoms with E-state index < -0.39 is 0 Å². The van der Waals surface area contributed by atoms with Crippen LogP contribution in [0.3, 0.4) is 0 Å². The zero-order valence-corrected chi connectivity index (χ0v) is 11.6. The molecule has 0 radical (unpaired) electrons. The lowest BCUT2D eigenvalue weighted by molar-refractivity contribution is 0.526. The van der Waals surface area contributed by atoms with Crippen molar-refractivity contribution < 1.29 is 0 Å². The molecule has 0 spiro atoms. The minimum atomic E-state index is 0.281. The van der Waals surface area contributed by atoms with Gasteiger partial charge in [0, 0.05) is 24.0 Å². The van der Waals surface area contributed by atoms with Crippen LogP contribution in [0.4, 0.5) is 0 Å². The van der Waals surface area contributed by atoms with Crippen molar-refractivity contribution in [1.29, 1.82) is 0 Å². The van der Waals surface area contributed by atoms with E-state index in [2.05, 4.69) is 53.4 Å². The van der Waals surface area contributed by atoms with Crippen molar-refractivity contribution in [3.05, 3.63) is 59.7 Å². The van der Waals surface area contributed by atoms with Crippen LogP contribution in [0.5, 0.6) is 0 Å². The quantitative estimate of drug-likeness (QED) is 0.862. The van der Waals surface area contributed by atoms with Crippen molar-refractivity contribution in [3.63, 3.8) is 0 Å². The van der Waals surface area contributed by atoms with E-state index >= 15 is 0 Å². The molecule has 1 aromatic heterocycles. The summed E-state index contributed by atoms with van der Waals surface area (Å²) in [6.45, 7) is 5.31. The van der Waals surface area contributed by atoms with Crippen LogP contribution < -0.4 is 5.32 Å². The molecular weight excluding hydrogens is 234 g/mol. The Morgan fingerprint density at radius 1 is 1.21 bits per heavy atom. The fourth-order valence-corrected chi connectivity index (χ4v) is 2.19. The Hall–Kier alpha value is -1.74. The average molecular weight is 255 g/mol. The number of aryl methyl sites for hydroxylation is 1. The molecule has 0 aliphatic rings. The number of rotatable bonds is 6. The molecule has 0 amide bonds. The zero-order chi connectivity index (χ0) is 13.5. The van der Waals surface area contributed by atoms with Crippen LogP contribution in [-0.4, -0.2) is 16.5 Å². The summed E-state index contributed by atoms with van der Waals surface area (Å²) < 4.78 is 0. The average Bonchev–Trinajstić information content (AvgIpc) is 2.44. The molecule has 2 aromatic rings. The molecule has 100 valence electrons. The van der Waals surface area contributed by atoms with Gasteiger partial charge in [-0.05, 0) is 31.9 Å². The zero-order valence-electron chi connectivity index (χ0n) is 11.6. The van der Waals surface area contributed by atoms with Gasteiger partial charge in [-0.2, -0.15) is 0 Å². The third kappa shape index (κ3) is 4.14. The minimum absolute atomic E-state index is 0.281. The molecule has 0 saturated heterocycles. The fourth-order valence-electron chi connectivity index (χ4n) is 2.19. The predicted octanol–water partition coefficient (Wildman–Crippen LogP) is 3.07. The van der Waals surface area contributed by atoms with E-state index in [-0.39, 0.29) is 6.04 Å². The third-order valence-electron chi connectivity index (χ3n) is 3.15. The summed E-state index contributed by atoms with van der Waals surface area (Å²) in [7, 11) is 0. The first-order valence-electron chi connectivity index (χ1n) is 6.83. The molecular formula is C16H21N3.